The van der Waals surface area contributed by atoms with Crippen molar-refractivity contribution in [2.24, 2.45) is 28.8 Å². The molecular weight excluding hydrogens is 358 g/mol. The zero-order valence-electron chi connectivity index (χ0n) is 19.6. The third-order valence-corrected chi connectivity index (χ3v) is 7.47. The summed E-state index contributed by atoms with van der Waals surface area (Å²) in [5, 5.41) is 11.7. The lowest BCUT2D eigenvalue weighted by atomic mass is 9.62. The first-order chi connectivity index (χ1) is 13.7. The molecular formula is C25H47N3O. The van der Waals surface area contributed by atoms with Gasteiger partial charge in [-0.1, -0.05) is 44.8 Å². The Morgan fingerprint density at radius 3 is 2.72 bits per heavy atom. The Hall–Kier alpha value is -1.00. The number of fused-ring (bicyclic) bond motifs is 1. The van der Waals surface area contributed by atoms with E-state index in [2.05, 4.69) is 19.9 Å². The van der Waals surface area contributed by atoms with Crippen molar-refractivity contribution in [3.05, 3.63) is 23.5 Å². The Morgan fingerprint density at radius 2 is 2.03 bits per heavy atom. The molecule has 0 aliphatic heterocycles. The molecule has 2 aliphatic rings. The van der Waals surface area contributed by atoms with Crippen molar-refractivity contribution in [1.29, 1.82) is 0 Å². The van der Waals surface area contributed by atoms with Gasteiger partial charge in [0.15, 0.2) is 0 Å². The van der Waals surface area contributed by atoms with Crippen LogP contribution in [0.5, 0.6) is 0 Å². The second-order valence-electron chi connectivity index (χ2n) is 10.5. The van der Waals surface area contributed by atoms with Crippen molar-refractivity contribution in [2.75, 3.05) is 6.54 Å². The minimum absolute atomic E-state index is 0.453. The molecule has 0 aromatic rings. The van der Waals surface area contributed by atoms with Crippen LogP contribution in [-0.4, -0.2) is 22.3 Å². The Bertz CT molecular complexity index is 563. The second kappa shape index (κ2) is 10.9. The molecule has 0 aromatic carbocycles. The third-order valence-electron chi connectivity index (χ3n) is 7.47. The number of nitrogens with two attached hydrogens (primary N) is 2. The molecule has 0 radical (unpaired) electrons. The lowest BCUT2D eigenvalue weighted by Gasteiger charge is -2.42. The van der Waals surface area contributed by atoms with Gasteiger partial charge in [0.2, 0.25) is 0 Å². The van der Waals surface area contributed by atoms with Gasteiger partial charge in [0.25, 0.3) is 0 Å². The Morgan fingerprint density at radius 1 is 1.28 bits per heavy atom. The molecule has 2 aliphatic carbocycles. The summed E-state index contributed by atoms with van der Waals surface area (Å²) >= 11 is 0. The Balaban J connectivity index is 1.90. The van der Waals surface area contributed by atoms with Crippen LogP contribution in [0.25, 0.3) is 0 Å². The summed E-state index contributed by atoms with van der Waals surface area (Å²) in [5.74, 6) is 7.75. The molecule has 2 saturated carbocycles. The van der Waals surface area contributed by atoms with Gasteiger partial charge >= 0.3 is 0 Å². The van der Waals surface area contributed by atoms with Crippen molar-refractivity contribution >= 4 is 0 Å². The first-order valence-corrected chi connectivity index (χ1v) is 12.0. The number of hydrogen-bond donors (Lipinski definition) is 3. The smallest absolute Gasteiger partial charge is 0.0591 e. The fraction of sp³-hybridized carbons (Fsp3) is 0.840. The number of hydrogen-bond acceptors (Lipinski definition) is 4. The maximum Gasteiger partial charge on any atom is 0.0591 e. The summed E-state index contributed by atoms with van der Waals surface area (Å²) in [6.07, 6.45) is 18.7. The molecule has 4 nitrogen and oxygen atoms in total. The van der Waals surface area contributed by atoms with Gasteiger partial charge in [-0.25, -0.2) is 5.84 Å². The summed E-state index contributed by atoms with van der Waals surface area (Å²) in [5.41, 5.74) is 8.53. The highest BCUT2D eigenvalue weighted by Crippen LogP contribution is 2.58. The van der Waals surface area contributed by atoms with Crippen molar-refractivity contribution < 1.29 is 5.11 Å². The van der Waals surface area contributed by atoms with Crippen LogP contribution in [0.1, 0.15) is 105 Å². The molecule has 2 fully saturated rings. The quantitative estimate of drug-likeness (QED) is 0.180. The van der Waals surface area contributed by atoms with E-state index >= 15 is 0 Å². The summed E-state index contributed by atoms with van der Waals surface area (Å²) in [7, 11) is 0. The van der Waals surface area contributed by atoms with E-state index in [1.54, 1.807) is 10.6 Å². The number of allylic oxidation sites excluding steroid dienone is 2. The van der Waals surface area contributed by atoms with E-state index in [-0.39, 0.29) is 0 Å². The van der Waals surface area contributed by atoms with Gasteiger partial charge in [0.1, 0.15) is 0 Å². The van der Waals surface area contributed by atoms with Crippen molar-refractivity contribution in [3.8, 4) is 0 Å². The molecule has 2 rings (SSSR count). The number of unbranched alkanes of at least 4 members (excludes halogenated alkanes) is 2. The lowest BCUT2D eigenvalue weighted by molar-refractivity contribution is 0.0659. The highest BCUT2D eigenvalue weighted by molar-refractivity contribution is 5.19. The van der Waals surface area contributed by atoms with Crippen LogP contribution in [0, 0.1) is 17.3 Å². The average Bonchev–Trinajstić information content (AvgIpc) is 2.97. The van der Waals surface area contributed by atoms with E-state index in [0.29, 0.717) is 5.41 Å². The van der Waals surface area contributed by atoms with E-state index in [1.807, 2.05) is 20.0 Å². The second-order valence-corrected chi connectivity index (χ2v) is 10.5. The van der Waals surface area contributed by atoms with Crippen LogP contribution in [0.2, 0.25) is 0 Å². The monoisotopic (exact) mass is 405 g/mol. The largest absolute Gasteiger partial charge is 0.401 e. The Kier molecular flexibility index (Phi) is 9.09. The molecule has 3 unspecified atom stereocenters. The number of hydrazine groups is 1. The first-order valence-electron chi connectivity index (χ1n) is 12.0. The molecule has 0 spiro atoms. The third kappa shape index (κ3) is 7.32. The molecule has 168 valence electrons. The highest BCUT2D eigenvalue weighted by Gasteiger charge is 2.48. The van der Waals surface area contributed by atoms with Gasteiger partial charge < -0.3 is 15.8 Å². The number of aliphatic hydroxyl groups is 1. The predicted octanol–water partition coefficient (Wildman–Crippen LogP) is 5.63. The van der Waals surface area contributed by atoms with E-state index in [1.165, 1.54) is 44.9 Å². The summed E-state index contributed by atoms with van der Waals surface area (Å²) in [6.45, 7) is 9.32. The molecule has 0 heterocycles. The molecule has 0 amide bonds. The van der Waals surface area contributed by atoms with Crippen LogP contribution in [0.3, 0.4) is 0 Å². The van der Waals surface area contributed by atoms with E-state index in [9.17, 15) is 5.11 Å². The number of nitrogens with zero attached hydrogens (tertiary/aromatic N) is 1. The van der Waals surface area contributed by atoms with Gasteiger partial charge in [-0.05, 0) is 88.9 Å². The standard InChI is InChI=1S/C25H47N3O/c1-5-6-12-22(26)19-28(27)18-15-20-10-9-17-25(4)21(13-14-23(20)25)11-7-8-16-24(2,3)29/h15,19,21,23,29H,5-14,16-18,26-27H2,1-4H3/b20-15+,22-19-. The predicted molar refractivity (Wildman–Crippen MR) is 124 cm³/mol. The topological polar surface area (TPSA) is 75.5 Å². The highest BCUT2D eigenvalue weighted by atomic mass is 16.3. The average molecular weight is 406 g/mol. The molecule has 0 aromatic heterocycles. The van der Waals surface area contributed by atoms with Crippen LogP contribution in [-0.2, 0) is 0 Å². The fourth-order valence-corrected chi connectivity index (χ4v) is 5.75. The Labute approximate surface area is 179 Å². The van der Waals surface area contributed by atoms with E-state index in [4.69, 9.17) is 11.6 Å². The molecule has 3 atom stereocenters. The summed E-state index contributed by atoms with van der Waals surface area (Å²) in [4.78, 5) is 0. The van der Waals surface area contributed by atoms with Crippen LogP contribution in [0.15, 0.2) is 23.5 Å². The van der Waals surface area contributed by atoms with Crippen LogP contribution in [0.4, 0.5) is 0 Å². The zero-order valence-corrected chi connectivity index (χ0v) is 19.6. The number of rotatable bonds is 11. The minimum atomic E-state index is -0.522. The fourth-order valence-electron chi connectivity index (χ4n) is 5.75. The van der Waals surface area contributed by atoms with E-state index in [0.717, 1.165) is 56.2 Å². The molecule has 5 N–H and O–H groups in total. The lowest BCUT2D eigenvalue weighted by Crippen LogP contribution is -2.34. The molecule has 29 heavy (non-hydrogen) atoms. The van der Waals surface area contributed by atoms with Gasteiger partial charge in [-0.15, -0.1) is 0 Å². The summed E-state index contributed by atoms with van der Waals surface area (Å²) in [6, 6.07) is 0. The van der Waals surface area contributed by atoms with Crippen LogP contribution >= 0.6 is 0 Å². The van der Waals surface area contributed by atoms with Crippen molar-refractivity contribution in [3.63, 3.8) is 0 Å². The summed E-state index contributed by atoms with van der Waals surface area (Å²) < 4.78 is 0. The van der Waals surface area contributed by atoms with E-state index < -0.39 is 5.60 Å². The normalized spacial score (nSPS) is 29.3. The van der Waals surface area contributed by atoms with Gasteiger partial charge in [-0.2, -0.15) is 0 Å². The van der Waals surface area contributed by atoms with Crippen molar-refractivity contribution in [1.82, 2.24) is 5.01 Å². The zero-order chi connectivity index (χ0) is 21.5. The van der Waals surface area contributed by atoms with Gasteiger partial charge in [0, 0.05) is 11.9 Å². The van der Waals surface area contributed by atoms with Gasteiger partial charge in [-0.3, -0.25) is 0 Å². The molecule has 4 heteroatoms. The maximum atomic E-state index is 9.95. The van der Waals surface area contributed by atoms with Gasteiger partial charge in [0.05, 0.1) is 12.1 Å². The minimum Gasteiger partial charge on any atom is -0.401 e. The molecule has 0 bridgehead atoms. The first kappa shape index (κ1) is 24.3. The molecule has 0 saturated heterocycles. The maximum absolute atomic E-state index is 9.95. The van der Waals surface area contributed by atoms with Crippen molar-refractivity contribution in [2.45, 2.75) is 110 Å². The SMILES string of the molecule is CCCC/C(N)=C/N(N)C/C=C1\CCCC2(C)C(CCCCC(C)(C)O)CCC12. The van der Waals surface area contributed by atoms with Crippen LogP contribution < -0.4 is 11.6 Å².